The minimum Gasteiger partial charge on any atom is -0.481 e. The molecule has 0 unspecified atom stereocenters. The average molecular weight is 409 g/mol. The van der Waals surface area contributed by atoms with Gasteiger partial charge in [-0.3, -0.25) is 8.98 Å². The van der Waals surface area contributed by atoms with Gasteiger partial charge in [-0.15, -0.1) is 0 Å². The van der Waals surface area contributed by atoms with Gasteiger partial charge in [0.05, 0.1) is 23.7 Å². The number of hydrogen-bond acceptors (Lipinski definition) is 5. The van der Waals surface area contributed by atoms with Crippen molar-refractivity contribution in [2.45, 2.75) is 62.6 Å². The highest BCUT2D eigenvalue weighted by Crippen LogP contribution is 2.45. The summed E-state index contributed by atoms with van der Waals surface area (Å²) in [5, 5.41) is 8.67. The summed E-state index contributed by atoms with van der Waals surface area (Å²) in [6.45, 7) is 2.04. The molecule has 1 N–H and O–H groups in total. The van der Waals surface area contributed by atoms with E-state index in [9.17, 15) is 13.2 Å². The van der Waals surface area contributed by atoms with E-state index >= 15 is 0 Å². The molecule has 4 atom stereocenters. The highest BCUT2D eigenvalue weighted by atomic mass is 32.2. The van der Waals surface area contributed by atoms with Gasteiger partial charge in [0.1, 0.15) is 0 Å². The second-order valence-corrected chi connectivity index (χ2v) is 9.28. The number of aryl methyl sites for hydroxylation is 1. The van der Waals surface area contributed by atoms with E-state index in [1.54, 1.807) is 24.3 Å². The Balaban J connectivity index is 1.55. The van der Waals surface area contributed by atoms with Crippen LogP contribution in [0.4, 0.5) is 0 Å². The van der Waals surface area contributed by atoms with Crippen LogP contribution in [0.15, 0.2) is 41.3 Å². The fourth-order valence-electron chi connectivity index (χ4n) is 4.11. The van der Waals surface area contributed by atoms with Gasteiger partial charge in [-0.05, 0) is 57.1 Å². The maximum Gasteiger partial charge on any atom is 0.303 e. The van der Waals surface area contributed by atoms with Crippen LogP contribution in [0.2, 0.25) is 0 Å². The van der Waals surface area contributed by atoms with Crippen molar-refractivity contribution >= 4 is 16.1 Å². The van der Waals surface area contributed by atoms with Crippen LogP contribution in [-0.2, 0) is 23.8 Å². The Bertz CT molecular complexity index is 799. The van der Waals surface area contributed by atoms with E-state index in [1.807, 2.05) is 13.0 Å². The van der Waals surface area contributed by atoms with Crippen molar-refractivity contribution < 1.29 is 27.2 Å². The average Bonchev–Trinajstić information content (AvgIpc) is 3.24. The first kappa shape index (κ1) is 21.0. The van der Waals surface area contributed by atoms with Crippen LogP contribution in [0.3, 0.4) is 0 Å². The molecule has 28 heavy (non-hydrogen) atoms. The van der Waals surface area contributed by atoms with Crippen LogP contribution in [0, 0.1) is 18.8 Å². The number of carboxylic acids is 1. The highest BCUT2D eigenvalue weighted by molar-refractivity contribution is 7.86. The molecule has 2 bridgehead atoms. The number of carbonyl (C=O) groups is 1. The van der Waals surface area contributed by atoms with Crippen molar-refractivity contribution in [1.29, 1.82) is 0 Å². The molecule has 2 heterocycles. The molecule has 0 aliphatic carbocycles. The zero-order valence-electron chi connectivity index (χ0n) is 16.1. The molecule has 1 aromatic rings. The molecule has 2 saturated heterocycles. The van der Waals surface area contributed by atoms with Crippen LogP contribution in [0.1, 0.15) is 44.1 Å². The van der Waals surface area contributed by atoms with E-state index in [4.69, 9.17) is 14.0 Å². The predicted octanol–water partition coefficient (Wildman–Crippen LogP) is 3.70. The lowest BCUT2D eigenvalue weighted by Crippen LogP contribution is -2.31. The molecule has 0 radical (unpaired) electrons. The third-order valence-electron chi connectivity index (χ3n) is 5.65. The van der Waals surface area contributed by atoms with Crippen LogP contribution in [0.25, 0.3) is 0 Å². The minimum absolute atomic E-state index is 0.0580. The van der Waals surface area contributed by atoms with Crippen LogP contribution < -0.4 is 0 Å². The molecule has 0 saturated carbocycles. The van der Waals surface area contributed by atoms with Crippen molar-refractivity contribution in [3.8, 4) is 0 Å². The van der Waals surface area contributed by atoms with Crippen molar-refractivity contribution in [1.82, 2.24) is 0 Å². The molecule has 154 valence electrons. The molecule has 2 aliphatic heterocycles. The van der Waals surface area contributed by atoms with Gasteiger partial charge in [0.2, 0.25) is 0 Å². The number of rotatable bonds is 10. The van der Waals surface area contributed by atoms with Crippen molar-refractivity contribution in [2.24, 2.45) is 11.8 Å². The maximum absolute atomic E-state index is 12.5. The Morgan fingerprint density at radius 1 is 1.18 bits per heavy atom. The lowest BCUT2D eigenvalue weighted by molar-refractivity contribution is -0.137. The van der Waals surface area contributed by atoms with E-state index in [2.05, 4.69) is 6.08 Å². The fraction of sp³-hybridized carbons (Fsp3) is 0.571. The first-order valence-electron chi connectivity index (χ1n) is 9.85. The van der Waals surface area contributed by atoms with Gasteiger partial charge < -0.3 is 9.84 Å². The molecule has 0 aromatic heterocycles. The second kappa shape index (κ2) is 9.20. The summed E-state index contributed by atoms with van der Waals surface area (Å²) in [6.07, 6.45) is 8.58. The molecule has 2 aliphatic rings. The molecule has 3 rings (SSSR count). The summed E-state index contributed by atoms with van der Waals surface area (Å²) in [4.78, 5) is 10.7. The minimum atomic E-state index is -3.77. The summed E-state index contributed by atoms with van der Waals surface area (Å²) < 4.78 is 36.4. The van der Waals surface area contributed by atoms with Gasteiger partial charge >= 0.3 is 5.97 Å². The van der Waals surface area contributed by atoms with Crippen LogP contribution in [0.5, 0.6) is 0 Å². The Labute approximate surface area is 166 Å². The number of carboxylic acid groups (broad SMARTS) is 1. The normalized spacial score (nSPS) is 26.9. The Morgan fingerprint density at radius 2 is 1.86 bits per heavy atom. The molecule has 2 fully saturated rings. The third kappa shape index (κ3) is 5.21. The van der Waals surface area contributed by atoms with Crippen molar-refractivity contribution in [2.75, 3.05) is 6.61 Å². The van der Waals surface area contributed by atoms with Crippen LogP contribution in [-0.4, -0.2) is 38.3 Å². The lowest BCUT2D eigenvalue weighted by Gasteiger charge is -2.26. The SMILES string of the molecule is Cc1ccc(S(=O)(=O)OC[C@H]2[C@@H](C/C=C\CCCC(=O)O)[C@H]3CC[C@@H]2O3)cc1. The topological polar surface area (TPSA) is 89.9 Å². The molecule has 1 aromatic carbocycles. The molecular formula is C21H28O6S. The predicted molar refractivity (Wildman–Crippen MR) is 104 cm³/mol. The zero-order chi connectivity index (χ0) is 20.1. The summed E-state index contributed by atoms with van der Waals surface area (Å²) in [5.74, 6) is -0.479. The first-order chi connectivity index (χ1) is 13.4. The standard InChI is InChI=1S/C21H28O6S/c1-15-8-10-16(11-9-15)28(24,25)26-14-18-17(19-12-13-20(18)27-19)6-4-2-3-5-7-21(22)23/h2,4,8-11,17-20H,3,5-7,12-14H2,1H3,(H,22,23)/b4-2-/t17-,18+,19-,20+/m1/s1. The molecule has 0 spiro atoms. The van der Waals surface area contributed by atoms with Gasteiger partial charge in [0.25, 0.3) is 10.1 Å². The van der Waals surface area contributed by atoms with E-state index in [1.165, 1.54) is 0 Å². The van der Waals surface area contributed by atoms with Crippen molar-refractivity contribution in [3.05, 3.63) is 42.0 Å². The number of ether oxygens (including phenoxy) is 1. The summed E-state index contributed by atoms with van der Waals surface area (Å²) >= 11 is 0. The highest BCUT2D eigenvalue weighted by Gasteiger charge is 2.48. The lowest BCUT2D eigenvalue weighted by atomic mass is 9.78. The first-order valence-corrected chi connectivity index (χ1v) is 11.3. The molecule has 6 nitrogen and oxygen atoms in total. The van der Waals surface area contributed by atoms with E-state index < -0.39 is 16.1 Å². The van der Waals surface area contributed by atoms with E-state index in [0.29, 0.717) is 6.42 Å². The summed E-state index contributed by atoms with van der Waals surface area (Å²) in [7, 11) is -3.77. The zero-order valence-corrected chi connectivity index (χ0v) is 16.9. The number of hydrogen-bond donors (Lipinski definition) is 1. The van der Waals surface area contributed by atoms with Gasteiger partial charge in [0, 0.05) is 12.3 Å². The molecule has 0 amide bonds. The number of benzene rings is 1. The molecule has 7 heteroatoms. The fourth-order valence-corrected chi connectivity index (χ4v) is 5.05. The van der Waals surface area contributed by atoms with E-state index in [-0.39, 0.29) is 42.0 Å². The quantitative estimate of drug-likeness (QED) is 0.361. The summed E-state index contributed by atoms with van der Waals surface area (Å²) in [5.41, 5.74) is 0.996. The van der Waals surface area contributed by atoms with Crippen LogP contribution >= 0.6 is 0 Å². The smallest absolute Gasteiger partial charge is 0.303 e. The number of unbranched alkanes of at least 4 members (excludes halogenated alkanes) is 1. The monoisotopic (exact) mass is 408 g/mol. The van der Waals surface area contributed by atoms with Gasteiger partial charge in [-0.25, -0.2) is 0 Å². The Kier molecular flexibility index (Phi) is 6.91. The largest absolute Gasteiger partial charge is 0.481 e. The van der Waals surface area contributed by atoms with Gasteiger partial charge in [-0.2, -0.15) is 8.42 Å². The summed E-state index contributed by atoms with van der Waals surface area (Å²) in [6, 6.07) is 6.66. The van der Waals surface area contributed by atoms with Gasteiger partial charge in [0.15, 0.2) is 0 Å². The Morgan fingerprint density at radius 3 is 2.54 bits per heavy atom. The maximum atomic E-state index is 12.5. The molecular weight excluding hydrogens is 380 g/mol. The Hall–Kier alpha value is -1.70. The second-order valence-electron chi connectivity index (χ2n) is 7.66. The number of allylic oxidation sites excluding steroid dienone is 2. The number of fused-ring (bicyclic) bond motifs is 2. The number of aliphatic carboxylic acids is 1. The third-order valence-corrected chi connectivity index (χ3v) is 6.95. The van der Waals surface area contributed by atoms with E-state index in [0.717, 1.165) is 31.2 Å². The van der Waals surface area contributed by atoms with Gasteiger partial charge in [-0.1, -0.05) is 29.8 Å². The van der Waals surface area contributed by atoms with Crippen molar-refractivity contribution in [3.63, 3.8) is 0 Å².